The molecule has 0 bridgehead atoms. The fourth-order valence-corrected chi connectivity index (χ4v) is 2.14. The lowest BCUT2D eigenvalue weighted by molar-refractivity contribution is -0.141. The smallest absolute Gasteiger partial charge is 0.379 e. The number of rotatable bonds is 3. The number of nitrogens with two attached hydrogens (primary N) is 1. The normalized spacial score (nSPS) is 16.7. The van der Waals surface area contributed by atoms with Crippen molar-refractivity contribution in [3.05, 3.63) is 11.8 Å². The third kappa shape index (κ3) is 2.99. The maximum atomic E-state index is 12.5. The molecule has 1 aromatic heterocycles. The Morgan fingerprint density at radius 1 is 1.41 bits per heavy atom. The minimum atomic E-state index is -4.51. The summed E-state index contributed by atoms with van der Waals surface area (Å²) in [5.41, 5.74) is 1.01. The quantitative estimate of drug-likeness (QED) is 0.487. The second kappa shape index (κ2) is 4.67. The van der Waals surface area contributed by atoms with Crippen LogP contribution in [0.2, 0.25) is 0 Å². The number of alkyl halides is 3. The summed E-state index contributed by atoms with van der Waals surface area (Å²) in [5.74, 6) is 4.78. The fourth-order valence-electron chi connectivity index (χ4n) is 1.15. The molecule has 0 unspecified atom stereocenters. The summed E-state index contributed by atoms with van der Waals surface area (Å²) >= 11 is 1.22. The number of thioether (sulfide) groups is 1. The minimum absolute atomic E-state index is 0.136. The van der Waals surface area contributed by atoms with Crippen molar-refractivity contribution in [2.45, 2.75) is 16.5 Å². The molecule has 0 spiro atoms. The number of nitrogens with one attached hydrogen (secondary N) is 1. The monoisotopic (exact) mass is 266 g/mol. The molecular formula is C8H9F3N4OS. The summed E-state index contributed by atoms with van der Waals surface area (Å²) in [6.07, 6.45) is -4.51. The van der Waals surface area contributed by atoms with Gasteiger partial charge in [-0.15, -0.1) is 0 Å². The first-order chi connectivity index (χ1) is 7.99. The van der Waals surface area contributed by atoms with Crippen LogP contribution in [0.4, 0.5) is 19.1 Å². The lowest BCUT2D eigenvalue weighted by Crippen LogP contribution is -2.30. The van der Waals surface area contributed by atoms with Gasteiger partial charge in [0.25, 0.3) is 0 Å². The van der Waals surface area contributed by atoms with Crippen molar-refractivity contribution < 1.29 is 17.9 Å². The third-order valence-corrected chi connectivity index (χ3v) is 3.07. The van der Waals surface area contributed by atoms with Crippen LogP contribution in [-0.2, 0) is 10.9 Å². The summed E-state index contributed by atoms with van der Waals surface area (Å²) in [6.45, 7) is 1.03. The van der Waals surface area contributed by atoms with Gasteiger partial charge >= 0.3 is 6.18 Å². The van der Waals surface area contributed by atoms with Crippen molar-refractivity contribution in [2.24, 2.45) is 5.84 Å². The topological polar surface area (TPSA) is 73.1 Å². The Bertz CT molecular complexity index is 410. The molecule has 17 heavy (non-hydrogen) atoms. The van der Waals surface area contributed by atoms with Crippen molar-refractivity contribution in [1.29, 1.82) is 0 Å². The molecule has 3 N–H and O–H groups in total. The molecular weight excluding hydrogens is 257 g/mol. The van der Waals surface area contributed by atoms with E-state index in [9.17, 15) is 13.2 Å². The van der Waals surface area contributed by atoms with Crippen LogP contribution in [0.25, 0.3) is 0 Å². The molecule has 1 saturated heterocycles. The molecule has 0 aliphatic carbocycles. The molecule has 0 aromatic carbocycles. The average molecular weight is 266 g/mol. The number of anilines is 1. The molecule has 0 amide bonds. The molecule has 2 rings (SSSR count). The number of hydrogen-bond acceptors (Lipinski definition) is 6. The SMILES string of the molecule is NNc1nc(SC2COC2)cc(C(F)(F)F)n1. The zero-order chi connectivity index (χ0) is 12.5. The van der Waals surface area contributed by atoms with Gasteiger partial charge in [-0.3, -0.25) is 5.43 Å². The van der Waals surface area contributed by atoms with Crippen molar-refractivity contribution in [3.8, 4) is 0 Å². The first-order valence-electron chi connectivity index (χ1n) is 4.66. The van der Waals surface area contributed by atoms with Crippen LogP contribution in [-0.4, -0.2) is 28.4 Å². The molecule has 1 aliphatic rings. The van der Waals surface area contributed by atoms with E-state index in [4.69, 9.17) is 10.6 Å². The largest absolute Gasteiger partial charge is 0.433 e. The van der Waals surface area contributed by atoms with E-state index in [0.29, 0.717) is 13.2 Å². The number of halogens is 3. The van der Waals surface area contributed by atoms with E-state index < -0.39 is 11.9 Å². The highest BCUT2D eigenvalue weighted by Crippen LogP contribution is 2.33. The van der Waals surface area contributed by atoms with E-state index in [1.165, 1.54) is 11.8 Å². The number of nitrogen functional groups attached to an aromatic ring is 1. The maximum Gasteiger partial charge on any atom is 0.433 e. The molecule has 0 atom stereocenters. The van der Waals surface area contributed by atoms with Crippen molar-refractivity contribution >= 4 is 17.7 Å². The molecule has 94 valence electrons. The van der Waals surface area contributed by atoms with Gasteiger partial charge in [0, 0.05) is 6.07 Å². The van der Waals surface area contributed by atoms with Gasteiger partial charge in [-0.1, -0.05) is 11.8 Å². The highest BCUT2D eigenvalue weighted by molar-refractivity contribution is 8.00. The first-order valence-corrected chi connectivity index (χ1v) is 5.54. The molecule has 0 saturated carbocycles. The summed E-state index contributed by atoms with van der Waals surface area (Å²) in [4.78, 5) is 7.10. The molecule has 1 aliphatic heterocycles. The van der Waals surface area contributed by atoms with E-state index in [0.717, 1.165) is 6.07 Å². The van der Waals surface area contributed by atoms with Crippen LogP contribution in [0.3, 0.4) is 0 Å². The molecule has 9 heteroatoms. The molecule has 1 fully saturated rings. The predicted octanol–water partition coefficient (Wildman–Crippen LogP) is 1.27. The Hall–Kier alpha value is -1.06. The van der Waals surface area contributed by atoms with Crippen molar-refractivity contribution in [3.63, 3.8) is 0 Å². The number of aromatic nitrogens is 2. The lowest BCUT2D eigenvalue weighted by Gasteiger charge is -2.24. The van der Waals surface area contributed by atoms with Gasteiger partial charge in [0.15, 0.2) is 5.69 Å². The van der Waals surface area contributed by atoms with Crippen LogP contribution < -0.4 is 11.3 Å². The third-order valence-electron chi connectivity index (χ3n) is 2.02. The summed E-state index contributed by atoms with van der Waals surface area (Å²) in [7, 11) is 0. The van der Waals surface area contributed by atoms with E-state index in [1.807, 2.05) is 5.43 Å². The highest BCUT2D eigenvalue weighted by atomic mass is 32.2. The second-order valence-electron chi connectivity index (χ2n) is 3.33. The van der Waals surface area contributed by atoms with Crippen LogP contribution in [0.5, 0.6) is 0 Å². The number of hydrazine groups is 1. The van der Waals surface area contributed by atoms with Gasteiger partial charge < -0.3 is 4.74 Å². The number of hydrogen-bond donors (Lipinski definition) is 2. The van der Waals surface area contributed by atoms with E-state index in [1.54, 1.807) is 0 Å². The van der Waals surface area contributed by atoms with E-state index in [2.05, 4.69) is 9.97 Å². The minimum Gasteiger partial charge on any atom is -0.379 e. The second-order valence-corrected chi connectivity index (χ2v) is 4.66. The van der Waals surface area contributed by atoms with Crippen molar-refractivity contribution in [2.75, 3.05) is 18.6 Å². The zero-order valence-corrected chi connectivity index (χ0v) is 9.31. The highest BCUT2D eigenvalue weighted by Gasteiger charge is 2.34. The Morgan fingerprint density at radius 2 is 2.12 bits per heavy atom. The molecule has 1 aromatic rings. The van der Waals surface area contributed by atoms with Crippen LogP contribution in [0.15, 0.2) is 11.1 Å². The lowest BCUT2D eigenvalue weighted by atomic mass is 10.4. The van der Waals surface area contributed by atoms with Crippen molar-refractivity contribution in [1.82, 2.24) is 9.97 Å². The van der Waals surface area contributed by atoms with Gasteiger partial charge in [0.1, 0.15) is 5.03 Å². The van der Waals surface area contributed by atoms with Gasteiger partial charge in [-0.25, -0.2) is 15.8 Å². The number of ether oxygens (including phenoxy) is 1. The van der Waals surface area contributed by atoms with Crippen LogP contribution in [0, 0.1) is 0 Å². The zero-order valence-electron chi connectivity index (χ0n) is 8.49. The van der Waals surface area contributed by atoms with Gasteiger partial charge in [0.2, 0.25) is 5.95 Å². The van der Waals surface area contributed by atoms with Gasteiger partial charge in [-0.2, -0.15) is 13.2 Å². The Morgan fingerprint density at radius 3 is 2.59 bits per heavy atom. The standard InChI is InChI=1S/C8H9F3N4OS/c9-8(10,11)5-1-6(14-7(13-5)15-12)17-4-2-16-3-4/h1,4H,2-3,12H2,(H,13,14,15). The van der Waals surface area contributed by atoms with E-state index >= 15 is 0 Å². The average Bonchev–Trinajstić information content (AvgIpc) is 2.22. The van der Waals surface area contributed by atoms with Crippen LogP contribution >= 0.6 is 11.8 Å². The van der Waals surface area contributed by atoms with Gasteiger partial charge in [0.05, 0.1) is 18.5 Å². The first kappa shape index (κ1) is 12.4. The Kier molecular flexibility index (Phi) is 3.40. The van der Waals surface area contributed by atoms with Crippen LogP contribution in [0.1, 0.15) is 5.69 Å². The maximum absolute atomic E-state index is 12.5. The van der Waals surface area contributed by atoms with Gasteiger partial charge in [-0.05, 0) is 0 Å². The molecule has 0 radical (unpaired) electrons. The number of nitrogens with zero attached hydrogens (tertiary/aromatic N) is 2. The molecule has 2 heterocycles. The Balaban J connectivity index is 2.24. The summed E-state index contributed by atoms with van der Waals surface area (Å²) < 4.78 is 42.5. The summed E-state index contributed by atoms with van der Waals surface area (Å²) in [5, 5.41) is 0.366. The molecule has 5 nitrogen and oxygen atoms in total. The van der Waals surface area contributed by atoms with E-state index in [-0.39, 0.29) is 16.2 Å². The Labute approximate surface area is 98.9 Å². The fraction of sp³-hybridized carbons (Fsp3) is 0.500. The predicted molar refractivity (Wildman–Crippen MR) is 55.3 cm³/mol. The summed E-state index contributed by atoms with van der Waals surface area (Å²) in [6, 6.07) is 0.907.